The summed E-state index contributed by atoms with van der Waals surface area (Å²) < 4.78 is 42.0. The molecule has 3 amide bonds. The van der Waals surface area contributed by atoms with E-state index in [2.05, 4.69) is 45.8 Å². The molecule has 15 nitrogen and oxygen atoms in total. The Bertz CT molecular complexity index is 2810. The van der Waals surface area contributed by atoms with Crippen molar-refractivity contribution >= 4 is 40.3 Å². The Balaban J connectivity index is 0.962. The molecule has 4 aromatic heterocycles. The van der Waals surface area contributed by atoms with Gasteiger partial charge in [-0.05, 0) is 121 Å². The molecule has 3 unspecified atom stereocenters. The highest BCUT2D eigenvalue weighted by atomic mass is 32.1. The number of thiophene rings is 1. The normalized spacial score (nSPS) is 20.3. The fourth-order valence-electron chi connectivity index (χ4n) is 10.0. The lowest BCUT2D eigenvalue weighted by Gasteiger charge is -2.34. The van der Waals surface area contributed by atoms with E-state index in [0.29, 0.717) is 85.5 Å². The van der Waals surface area contributed by atoms with E-state index >= 15 is 4.39 Å². The highest BCUT2D eigenvalue weighted by molar-refractivity contribution is 7.12. The van der Waals surface area contributed by atoms with Crippen LogP contribution in [0, 0.1) is 25.6 Å². The lowest BCUT2D eigenvalue weighted by atomic mass is 9.90. The van der Waals surface area contributed by atoms with Gasteiger partial charge < -0.3 is 39.1 Å². The van der Waals surface area contributed by atoms with Gasteiger partial charge in [0, 0.05) is 47.7 Å². The van der Waals surface area contributed by atoms with Crippen molar-refractivity contribution in [3.63, 3.8) is 0 Å². The molecule has 17 heteroatoms. The molecule has 10 rings (SSSR count). The summed E-state index contributed by atoms with van der Waals surface area (Å²) >= 11 is 1.66. The molecule has 8 heterocycles. The number of alkyl carbamates (subject to hydrolysis) is 1. The van der Waals surface area contributed by atoms with Crippen molar-refractivity contribution < 1.29 is 37.7 Å². The fraction of sp³-hybridized carbons (Fsp3) is 0.449. The van der Waals surface area contributed by atoms with Gasteiger partial charge in [-0.2, -0.15) is 0 Å². The topological polar surface area (TPSA) is 169 Å². The maximum atomic E-state index is 16.9. The molecule has 0 saturated carbocycles. The lowest BCUT2D eigenvalue weighted by molar-refractivity contribution is -0.136. The number of aryl methyl sites for hydroxylation is 2. The maximum Gasteiger partial charge on any atom is 0.410 e. The van der Waals surface area contributed by atoms with Crippen molar-refractivity contribution in [3.8, 4) is 39.5 Å². The van der Waals surface area contributed by atoms with E-state index in [1.165, 1.54) is 18.1 Å². The summed E-state index contributed by atoms with van der Waals surface area (Å²) in [6, 6.07) is 12.3. The van der Waals surface area contributed by atoms with Crippen LogP contribution in [0.1, 0.15) is 105 Å². The quantitative estimate of drug-likeness (QED) is 0.135. The summed E-state index contributed by atoms with van der Waals surface area (Å²) in [4.78, 5) is 61.8. The second-order valence-corrected chi connectivity index (χ2v) is 20.1. The zero-order valence-electron chi connectivity index (χ0n) is 38.0. The predicted octanol–water partition coefficient (Wildman–Crippen LogP) is 9.73. The molecular weight excluding hydrogens is 864 g/mol. The summed E-state index contributed by atoms with van der Waals surface area (Å²) in [7, 11) is 1.29. The smallest absolute Gasteiger partial charge is 0.410 e. The Hall–Kier alpha value is -6.20. The third-order valence-electron chi connectivity index (χ3n) is 13.4. The average molecular weight is 919 g/mol. The van der Waals surface area contributed by atoms with Crippen molar-refractivity contribution in [1.29, 1.82) is 0 Å². The molecule has 4 atom stereocenters. The number of hydrogen-bond acceptors (Lipinski definition) is 10. The van der Waals surface area contributed by atoms with Gasteiger partial charge in [0.05, 0.1) is 64.6 Å². The SMILES string of the molecule is COC(=O)NC(C(=O)N1CCC[C@H]1c1ncc(-c2cc(F)c3c(c2)OC(c2cc(C)c(C)s2)n2c-3cc3cc(-c4cnc(C5CCCN5C(=O)OC(C)(C)C)[nH]4)ccc32)[nH]1)C1CCOCC1. The number of nitrogens with one attached hydrogen (secondary N) is 3. The van der Waals surface area contributed by atoms with Crippen LogP contribution >= 0.6 is 11.3 Å². The first-order valence-corrected chi connectivity index (χ1v) is 23.6. The van der Waals surface area contributed by atoms with Crippen molar-refractivity contribution in [2.24, 2.45) is 5.92 Å². The fourth-order valence-corrected chi connectivity index (χ4v) is 11.1. The molecule has 66 heavy (non-hydrogen) atoms. The van der Waals surface area contributed by atoms with Gasteiger partial charge in [0.25, 0.3) is 0 Å². The second-order valence-electron chi connectivity index (χ2n) is 18.8. The number of H-pyrrole nitrogens is 2. The predicted molar refractivity (Wildman–Crippen MR) is 247 cm³/mol. The molecule has 4 aliphatic rings. The van der Waals surface area contributed by atoms with Crippen molar-refractivity contribution in [1.82, 2.24) is 39.6 Å². The summed E-state index contributed by atoms with van der Waals surface area (Å²) in [5.74, 6) is 0.980. The van der Waals surface area contributed by atoms with Crippen molar-refractivity contribution in [2.75, 3.05) is 33.4 Å². The number of ether oxygens (including phenoxy) is 4. The van der Waals surface area contributed by atoms with Gasteiger partial charge in [-0.1, -0.05) is 6.07 Å². The van der Waals surface area contributed by atoms with Crippen LogP contribution in [0.15, 0.2) is 54.9 Å². The molecule has 0 spiro atoms. The largest absolute Gasteiger partial charge is 0.464 e. The Morgan fingerprint density at radius 3 is 2.24 bits per heavy atom. The number of rotatable bonds is 8. The number of amides is 3. The highest BCUT2D eigenvalue weighted by Crippen LogP contribution is 2.49. The minimum Gasteiger partial charge on any atom is -0.464 e. The zero-order chi connectivity index (χ0) is 46.0. The number of halogens is 1. The molecule has 4 aliphatic heterocycles. The van der Waals surface area contributed by atoms with Crippen LogP contribution in [-0.4, -0.2) is 97.5 Å². The Kier molecular flexibility index (Phi) is 11.4. The molecule has 3 saturated heterocycles. The van der Waals surface area contributed by atoms with E-state index in [9.17, 15) is 14.4 Å². The molecule has 2 aromatic carbocycles. The first-order chi connectivity index (χ1) is 31.7. The van der Waals surface area contributed by atoms with Gasteiger partial charge in [0.1, 0.15) is 34.9 Å². The van der Waals surface area contributed by atoms with E-state index < -0.39 is 29.8 Å². The first kappa shape index (κ1) is 43.7. The number of aromatic amines is 2. The number of fused-ring (bicyclic) bond motifs is 5. The van der Waals surface area contributed by atoms with Crippen LogP contribution in [0.2, 0.25) is 0 Å². The number of methoxy groups -OCH3 is 1. The van der Waals surface area contributed by atoms with Crippen molar-refractivity contribution in [2.45, 2.75) is 103 Å². The van der Waals surface area contributed by atoms with Gasteiger partial charge >= 0.3 is 12.2 Å². The number of likely N-dealkylation sites (tertiary alicyclic amines) is 2. The number of imidazole rings is 2. The number of aromatic nitrogens is 5. The average Bonchev–Trinajstić information content (AvgIpc) is 4.16. The molecule has 0 radical (unpaired) electrons. The number of carbonyl (C=O) groups excluding carboxylic acids is 3. The number of benzene rings is 2. The van der Waals surface area contributed by atoms with E-state index in [1.807, 2.05) is 45.0 Å². The summed E-state index contributed by atoms with van der Waals surface area (Å²) in [5.41, 5.74) is 5.33. The molecule has 346 valence electrons. The third kappa shape index (κ3) is 8.09. The minimum atomic E-state index is -0.756. The summed E-state index contributed by atoms with van der Waals surface area (Å²) in [6.07, 6.45) is 6.29. The van der Waals surface area contributed by atoms with Crippen LogP contribution in [0.3, 0.4) is 0 Å². The van der Waals surface area contributed by atoms with Crippen LogP contribution < -0.4 is 10.1 Å². The van der Waals surface area contributed by atoms with E-state index in [1.54, 1.807) is 33.5 Å². The van der Waals surface area contributed by atoms with Crippen LogP contribution in [-0.2, 0) is 19.0 Å². The summed E-state index contributed by atoms with van der Waals surface area (Å²) in [5, 5.41) is 3.71. The monoisotopic (exact) mass is 918 g/mol. The number of carbonyl (C=O) groups is 3. The zero-order valence-corrected chi connectivity index (χ0v) is 38.9. The van der Waals surface area contributed by atoms with Gasteiger partial charge in [-0.3, -0.25) is 14.3 Å². The maximum absolute atomic E-state index is 16.9. The Labute approximate surface area is 386 Å². The van der Waals surface area contributed by atoms with Gasteiger partial charge in [-0.25, -0.2) is 23.9 Å². The van der Waals surface area contributed by atoms with Crippen LogP contribution in [0.4, 0.5) is 14.0 Å². The van der Waals surface area contributed by atoms with Gasteiger partial charge in [0.2, 0.25) is 12.1 Å². The Morgan fingerprint density at radius 1 is 0.894 bits per heavy atom. The first-order valence-electron chi connectivity index (χ1n) is 22.8. The molecular formula is C49H55FN8O7S. The van der Waals surface area contributed by atoms with Gasteiger partial charge in [0.15, 0.2) is 0 Å². The van der Waals surface area contributed by atoms with E-state index in [0.717, 1.165) is 51.9 Å². The minimum absolute atomic E-state index is 0.0879. The number of nitrogens with zero attached hydrogens (tertiary/aromatic N) is 5. The van der Waals surface area contributed by atoms with E-state index in [-0.39, 0.29) is 30.0 Å². The Morgan fingerprint density at radius 2 is 1.58 bits per heavy atom. The second kappa shape index (κ2) is 17.2. The molecule has 3 fully saturated rings. The standard InChI is InChI=1S/C49H55FN8O7S/c1-26-19-40(66-27(26)2)46-58-35-12-11-29(33-24-51-44(53-33)37-10-8-16-57(37)48(61)65-49(3,4)5)20-31(35)22-38(58)41-32(50)21-30(23-39(41)64-46)34-25-52-43(54-34)36-9-7-15-56(36)45(59)42(55-47(60)62-6)28-13-17-63-18-14-28/h11-12,19-25,28,36-37,42,46H,7-10,13-18H2,1-6H3,(H,51,53)(H,52,54)(H,55,60)/t36-,37?,42?,46?/m0/s1. The molecule has 0 aliphatic carbocycles. The highest BCUT2D eigenvalue weighted by Gasteiger charge is 2.41. The van der Waals surface area contributed by atoms with Gasteiger partial charge in [-0.15, -0.1) is 11.3 Å². The lowest BCUT2D eigenvalue weighted by Crippen LogP contribution is -2.53. The molecule has 0 bridgehead atoms. The van der Waals surface area contributed by atoms with Crippen LogP contribution in [0.25, 0.3) is 44.7 Å². The number of hydrogen-bond donors (Lipinski definition) is 3. The van der Waals surface area contributed by atoms with Crippen LogP contribution in [0.5, 0.6) is 5.75 Å². The summed E-state index contributed by atoms with van der Waals surface area (Å²) in [6.45, 7) is 11.9. The third-order valence-corrected chi connectivity index (χ3v) is 14.6. The molecule has 6 aromatic rings. The molecule has 3 N–H and O–H groups in total. The van der Waals surface area contributed by atoms with E-state index in [4.69, 9.17) is 28.9 Å². The van der Waals surface area contributed by atoms with Crippen molar-refractivity contribution in [3.05, 3.63) is 87.6 Å².